The summed E-state index contributed by atoms with van der Waals surface area (Å²) in [5.41, 5.74) is 3.67. The summed E-state index contributed by atoms with van der Waals surface area (Å²) < 4.78 is 0. The Kier molecular flexibility index (Phi) is 5.85. The van der Waals surface area contributed by atoms with Gasteiger partial charge in [-0.1, -0.05) is 13.8 Å². The SMILES string of the molecule is CC(C)C(O)(CC(O)O)C(C)(C)N.O. The van der Waals surface area contributed by atoms with Gasteiger partial charge in [0, 0.05) is 12.0 Å². The lowest BCUT2D eigenvalue weighted by Gasteiger charge is -2.43. The van der Waals surface area contributed by atoms with E-state index >= 15 is 0 Å². The van der Waals surface area contributed by atoms with Crippen LogP contribution in [0, 0.1) is 5.92 Å². The van der Waals surface area contributed by atoms with Crippen LogP contribution in [0.5, 0.6) is 0 Å². The number of rotatable bonds is 4. The molecule has 0 radical (unpaired) electrons. The molecule has 1 atom stereocenters. The van der Waals surface area contributed by atoms with E-state index in [4.69, 9.17) is 15.9 Å². The predicted octanol–water partition coefficient (Wildman–Crippen LogP) is -1.01. The highest BCUT2D eigenvalue weighted by molar-refractivity contribution is 4.99. The molecule has 0 rings (SSSR count). The van der Waals surface area contributed by atoms with Gasteiger partial charge in [-0.15, -0.1) is 0 Å². The maximum Gasteiger partial charge on any atom is 0.154 e. The van der Waals surface area contributed by atoms with Gasteiger partial charge < -0.3 is 26.5 Å². The standard InChI is InChI=1S/C9H21NO3.H2O/c1-6(2)9(13,5-7(11)12)8(3,4)10;/h6-7,11-13H,5,10H2,1-4H3;1H2. The number of aliphatic hydroxyl groups excluding tert-OH is 1. The molecule has 0 aromatic heterocycles. The maximum atomic E-state index is 10.2. The van der Waals surface area contributed by atoms with Gasteiger partial charge >= 0.3 is 0 Å². The van der Waals surface area contributed by atoms with Crippen molar-refractivity contribution in [1.29, 1.82) is 0 Å². The van der Waals surface area contributed by atoms with Crippen LogP contribution in [0.1, 0.15) is 34.1 Å². The molecule has 0 aliphatic carbocycles. The summed E-state index contributed by atoms with van der Waals surface area (Å²) in [5.74, 6) is -0.130. The maximum absolute atomic E-state index is 10.2. The fourth-order valence-electron chi connectivity index (χ4n) is 1.52. The van der Waals surface area contributed by atoms with Crippen molar-refractivity contribution in [1.82, 2.24) is 0 Å². The second-order valence-electron chi connectivity index (χ2n) is 4.49. The monoisotopic (exact) mass is 209 g/mol. The van der Waals surface area contributed by atoms with E-state index in [1.807, 2.05) is 0 Å². The largest absolute Gasteiger partial charge is 0.412 e. The number of nitrogens with two attached hydrogens (primary N) is 1. The Morgan fingerprint density at radius 2 is 1.57 bits per heavy atom. The average molecular weight is 209 g/mol. The Balaban J connectivity index is 0. The molecular formula is C9H23NO4. The first-order chi connectivity index (χ1) is 5.61. The summed E-state index contributed by atoms with van der Waals surface area (Å²) in [5, 5.41) is 27.8. The Morgan fingerprint density at radius 1 is 1.21 bits per heavy atom. The third-order valence-electron chi connectivity index (χ3n) is 2.56. The van der Waals surface area contributed by atoms with Crippen LogP contribution in [-0.4, -0.2) is 38.2 Å². The topological polar surface area (TPSA) is 118 Å². The molecule has 0 aromatic rings. The molecule has 88 valence electrons. The Bertz CT molecular complexity index is 165. The first-order valence-corrected chi connectivity index (χ1v) is 4.48. The fourth-order valence-corrected chi connectivity index (χ4v) is 1.52. The minimum atomic E-state index is -1.53. The van der Waals surface area contributed by atoms with Crippen molar-refractivity contribution < 1.29 is 20.8 Å². The van der Waals surface area contributed by atoms with Gasteiger partial charge in [0.1, 0.15) is 0 Å². The molecule has 0 aliphatic heterocycles. The summed E-state index contributed by atoms with van der Waals surface area (Å²) in [4.78, 5) is 0. The molecule has 0 aromatic carbocycles. The second kappa shape index (κ2) is 5.04. The van der Waals surface area contributed by atoms with Gasteiger partial charge in [-0.3, -0.25) is 0 Å². The van der Waals surface area contributed by atoms with Crippen LogP contribution in [0.15, 0.2) is 0 Å². The molecular weight excluding hydrogens is 186 g/mol. The van der Waals surface area contributed by atoms with Gasteiger partial charge in [0.25, 0.3) is 0 Å². The summed E-state index contributed by atoms with van der Waals surface area (Å²) in [6.07, 6.45) is -1.66. The Labute approximate surface area is 84.9 Å². The predicted molar refractivity (Wildman–Crippen MR) is 54.5 cm³/mol. The van der Waals surface area contributed by atoms with E-state index < -0.39 is 17.4 Å². The summed E-state index contributed by atoms with van der Waals surface area (Å²) >= 11 is 0. The summed E-state index contributed by atoms with van der Waals surface area (Å²) in [7, 11) is 0. The zero-order valence-corrected chi connectivity index (χ0v) is 9.28. The zero-order chi connectivity index (χ0) is 10.9. The molecule has 1 unspecified atom stereocenters. The van der Waals surface area contributed by atoms with Crippen molar-refractivity contribution in [2.75, 3.05) is 0 Å². The first kappa shape index (κ1) is 16.2. The van der Waals surface area contributed by atoms with E-state index in [-0.39, 0.29) is 17.8 Å². The Morgan fingerprint density at radius 3 is 1.64 bits per heavy atom. The smallest absolute Gasteiger partial charge is 0.154 e. The van der Waals surface area contributed by atoms with Crippen molar-refractivity contribution in [3.63, 3.8) is 0 Å². The summed E-state index contributed by atoms with van der Waals surface area (Å²) in [6.45, 7) is 6.96. The lowest BCUT2D eigenvalue weighted by Crippen LogP contribution is -2.60. The van der Waals surface area contributed by atoms with E-state index in [2.05, 4.69) is 0 Å². The van der Waals surface area contributed by atoms with Gasteiger partial charge in [0.05, 0.1) is 5.60 Å². The molecule has 5 nitrogen and oxygen atoms in total. The third-order valence-corrected chi connectivity index (χ3v) is 2.56. The molecule has 0 saturated heterocycles. The van der Waals surface area contributed by atoms with Gasteiger partial charge in [-0.2, -0.15) is 0 Å². The molecule has 7 N–H and O–H groups in total. The van der Waals surface area contributed by atoms with E-state index in [9.17, 15) is 5.11 Å². The highest BCUT2D eigenvalue weighted by atomic mass is 16.5. The fraction of sp³-hybridized carbons (Fsp3) is 1.00. The van der Waals surface area contributed by atoms with Gasteiger partial charge in [-0.05, 0) is 19.8 Å². The minimum Gasteiger partial charge on any atom is -0.412 e. The summed E-state index contributed by atoms with van der Waals surface area (Å²) in [6, 6.07) is 0. The van der Waals surface area contributed by atoms with Gasteiger partial charge in [-0.25, -0.2) is 0 Å². The van der Waals surface area contributed by atoms with E-state index in [0.717, 1.165) is 0 Å². The van der Waals surface area contributed by atoms with Crippen LogP contribution >= 0.6 is 0 Å². The van der Waals surface area contributed by atoms with Crippen LogP contribution in [0.3, 0.4) is 0 Å². The van der Waals surface area contributed by atoms with E-state index in [1.165, 1.54) is 0 Å². The second-order valence-corrected chi connectivity index (χ2v) is 4.49. The molecule has 0 aliphatic rings. The highest BCUT2D eigenvalue weighted by Gasteiger charge is 2.44. The Hall–Kier alpha value is -0.200. The average Bonchev–Trinajstić information content (AvgIpc) is 1.82. The quantitative estimate of drug-likeness (QED) is 0.443. The first-order valence-electron chi connectivity index (χ1n) is 4.48. The zero-order valence-electron chi connectivity index (χ0n) is 9.28. The molecule has 14 heavy (non-hydrogen) atoms. The lowest BCUT2D eigenvalue weighted by molar-refractivity contribution is -0.143. The van der Waals surface area contributed by atoms with Gasteiger partial charge in [0.2, 0.25) is 0 Å². The molecule has 0 amide bonds. The molecule has 5 heteroatoms. The van der Waals surface area contributed by atoms with Crippen molar-refractivity contribution in [3.05, 3.63) is 0 Å². The van der Waals surface area contributed by atoms with E-state index in [1.54, 1.807) is 27.7 Å². The normalized spacial score (nSPS) is 16.7. The molecule has 0 heterocycles. The van der Waals surface area contributed by atoms with Crippen LogP contribution < -0.4 is 5.73 Å². The lowest BCUT2D eigenvalue weighted by atomic mass is 9.73. The minimum absolute atomic E-state index is 0. The number of aliphatic hydroxyl groups is 3. The number of hydrogen-bond acceptors (Lipinski definition) is 4. The molecule has 0 bridgehead atoms. The van der Waals surface area contributed by atoms with Gasteiger partial charge in [0.15, 0.2) is 6.29 Å². The van der Waals surface area contributed by atoms with Crippen molar-refractivity contribution in [2.24, 2.45) is 11.7 Å². The van der Waals surface area contributed by atoms with Crippen LogP contribution in [0.25, 0.3) is 0 Å². The van der Waals surface area contributed by atoms with Crippen LogP contribution in [-0.2, 0) is 0 Å². The molecule has 0 saturated carbocycles. The van der Waals surface area contributed by atoms with Crippen molar-refractivity contribution >= 4 is 0 Å². The molecule has 0 fully saturated rings. The number of hydrogen-bond donors (Lipinski definition) is 4. The van der Waals surface area contributed by atoms with Crippen molar-refractivity contribution in [2.45, 2.75) is 51.5 Å². The highest BCUT2D eigenvalue weighted by Crippen LogP contribution is 2.31. The van der Waals surface area contributed by atoms with E-state index in [0.29, 0.717) is 0 Å². The third kappa shape index (κ3) is 3.51. The molecule has 0 spiro atoms. The van der Waals surface area contributed by atoms with Crippen LogP contribution in [0.2, 0.25) is 0 Å². The van der Waals surface area contributed by atoms with Crippen LogP contribution in [0.4, 0.5) is 0 Å². The van der Waals surface area contributed by atoms with Crippen molar-refractivity contribution in [3.8, 4) is 0 Å².